The van der Waals surface area contributed by atoms with Crippen molar-refractivity contribution >= 4 is 0 Å². The number of likely N-dealkylation sites (tertiary alicyclic amines) is 1. The van der Waals surface area contributed by atoms with Crippen molar-refractivity contribution in [2.45, 2.75) is 31.2 Å². The van der Waals surface area contributed by atoms with Crippen LogP contribution in [0.15, 0.2) is 24.3 Å². The standard InChI is InChI=1S/C17H26N2O/c1-20-12-14-8-10-19(11-14)17(13-18)9-4-6-15-5-2-3-7-16(15)17/h2-3,5,7,14H,4,6,8-13,18H2,1H3. The largest absolute Gasteiger partial charge is 0.384 e. The van der Waals surface area contributed by atoms with E-state index in [0.29, 0.717) is 5.92 Å². The normalized spacial score (nSPS) is 30.4. The first kappa shape index (κ1) is 14.1. The molecule has 3 rings (SSSR count). The number of fused-ring (bicyclic) bond motifs is 1. The van der Waals surface area contributed by atoms with Gasteiger partial charge in [-0.3, -0.25) is 4.90 Å². The number of hydrogen-bond acceptors (Lipinski definition) is 3. The highest BCUT2D eigenvalue weighted by atomic mass is 16.5. The lowest BCUT2D eigenvalue weighted by Crippen LogP contribution is -2.52. The fraction of sp³-hybridized carbons (Fsp3) is 0.647. The average molecular weight is 274 g/mol. The van der Waals surface area contributed by atoms with Gasteiger partial charge in [-0.05, 0) is 49.3 Å². The molecule has 1 aliphatic carbocycles. The minimum absolute atomic E-state index is 0.0668. The summed E-state index contributed by atoms with van der Waals surface area (Å²) in [6, 6.07) is 8.90. The van der Waals surface area contributed by atoms with Gasteiger partial charge < -0.3 is 10.5 Å². The molecule has 0 saturated carbocycles. The number of nitrogens with two attached hydrogens (primary N) is 1. The van der Waals surface area contributed by atoms with Gasteiger partial charge in [0.2, 0.25) is 0 Å². The van der Waals surface area contributed by atoms with Crippen molar-refractivity contribution < 1.29 is 4.74 Å². The Bertz CT molecular complexity index is 462. The van der Waals surface area contributed by atoms with Crippen molar-refractivity contribution in [3.8, 4) is 0 Å². The van der Waals surface area contributed by atoms with Crippen molar-refractivity contribution in [2.24, 2.45) is 11.7 Å². The van der Waals surface area contributed by atoms with E-state index in [1.165, 1.54) is 36.8 Å². The minimum atomic E-state index is 0.0668. The molecular weight excluding hydrogens is 248 g/mol. The quantitative estimate of drug-likeness (QED) is 0.914. The molecule has 110 valence electrons. The topological polar surface area (TPSA) is 38.5 Å². The van der Waals surface area contributed by atoms with Crippen LogP contribution in [0.2, 0.25) is 0 Å². The molecule has 1 aromatic rings. The third-order valence-corrected chi connectivity index (χ3v) is 5.19. The number of benzene rings is 1. The van der Waals surface area contributed by atoms with E-state index in [2.05, 4.69) is 29.2 Å². The van der Waals surface area contributed by atoms with E-state index in [-0.39, 0.29) is 5.54 Å². The molecule has 1 aliphatic heterocycles. The van der Waals surface area contributed by atoms with Gasteiger partial charge in [0.25, 0.3) is 0 Å². The maximum Gasteiger partial charge on any atom is 0.0586 e. The lowest BCUT2D eigenvalue weighted by atomic mass is 9.75. The maximum atomic E-state index is 6.28. The molecule has 2 aliphatic rings. The zero-order valence-electron chi connectivity index (χ0n) is 12.5. The van der Waals surface area contributed by atoms with Gasteiger partial charge >= 0.3 is 0 Å². The van der Waals surface area contributed by atoms with Crippen molar-refractivity contribution in [1.29, 1.82) is 0 Å². The van der Waals surface area contributed by atoms with E-state index in [9.17, 15) is 0 Å². The van der Waals surface area contributed by atoms with E-state index in [1.54, 1.807) is 7.11 Å². The predicted molar refractivity (Wildman–Crippen MR) is 81.7 cm³/mol. The predicted octanol–water partition coefficient (Wildman–Crippen LogP) is 2.15. The summed E-state index contributed by atoms with van der Waals surface area (Å²) >= 11 is 0. The Morgan fingerprint density at radius 1 is 1.40 bits per heavy atom. The van der Waals surface area contributed by atoms with Gasteiger partial charge in [-0.25, -0.2) is 0 Å². The van der Waals surface area contributed by atoms with Crippen LogP contribution in [0.4, 0.5) is 0 Å². The first-order chi connectivity index (χ1) is 9.80. The fourth-order valence-corrected chi connectivity index (χ4v) is 4.16. The summed E-state index contributed by atoms with van der Waals surface area (Å²) in [6.45, 7) is 3.88. The van der Waals surface area contributed by atoms with Crippen LogP contribution in [0.5, 0.6) is 0 Å². The Labute approximate surface area is 122 Å². The summed E-state index contributed by atoms with van der Waals surface area (Å²) in [5.74, 6) is 0.664. The maximum absolute atomic E-state index is 6.28. The van der Waals surface area contributed by atoms with Crippen molar-refractivity contribution in [3.05, 3.63) is 35.4 Å². The van der Waals surface area contributed by atoms with Gasteiger partial charge in [0.1, 0.15) is 0 Å². The minimum Gasteiger partial charge on any atom is -0.384 e. The first-order valence-corrected chi connectivity index (χ1v) is 7.82. The Kier molecular flexibility index (Phi) is 4.11. The van der Waals surface area contributed by atoms with E-state index in [0.717, 1.165) is 26.2 Å². The van der Waals surface area contributed by atoms with Gasteiger partial charge in [-0.2, -0.15) is 0 Å². The lowest BCUT2D eigenvalue weighted by molar-refractivity contribution is 0.0863. The third kappa shape index (κ3) is 2.28. The smallest absolute Gasteiger partial charge is 0.0586 e. The lowest BCUT2D eigenvalue weighted by Gasteiger charge is -2.45. The van der Waals surface area contributed by atoms with Crippen LogP contribution >= 0.6 is 0 Å². The zero-order chi connectivity index (χ0) is 14.0. The fourth-order valence-electron chi connectivity index (χ4n) is 4.16. The van der Waals surface area contributed by atoms with Crippen LogP contribution < -0.4 is 5.73 Å². The zero-order valence-corrected chi connectivity index (χ0v) is 12.5. The second kappa shape index (κ2) is 5.84. The summed E-state index contributed by atoms with van der Waals surface area (Å²) in [5, 5.41) is 0. The molecule has 3 heteroatoms. The van der Waals surface area contributed by atoms with E-state index >= 15 is 0 Å². The molecule has 0 amide bonds. The van der Waals surface area contributed by atoms with Crippen LogP contribution in [-0.2, 0) is 16.7 Å². The molecule has 2 atom stereocenters. The molecule has 1 fully saturated rings. The molecule has 0 spiro atoms. The van der Waals surface area contributed by atoms with Crippen molar-refractivity contribution in [2.75, 3.05) is 33.4 Å². The Morgan fingerprint density at radius 3 is 3.05 bits per heavy atom. The van der Waals surface area contributed by atoms with E-state index < -0.39 is 0 Å². The van der Waals surface area contributed by atoms with Gasteiger partial charge in [0.15, 0.2) is 0 Å². The number of ether oxygens (including phenoxy) is 1. The summed E-state index contributed by atoms with van der Waals surface area (Å²) in [6.07, 6.45) is 4.88. The SMILES string of the molecule is COCC1CCN(C2(CN)CCCc3ccccc32)C1. The highest BCUT2D eigenvalue weighted by Crippen LogP contribution is 2.41. The monoisotopic (exact) mass is 274 g/mol. The highest BCUT2D eigenvalue weighted by molar-refractivity contribution is 5.37. The Morgan fingerprint density at radius 2 is 2.25 bits per heavy atom. The summed E-state index contributed by atoms with van der Waals surface area (Å²) in [5.41, 5.74) is 9.32. The second-order valence-electron chi connectivity index (χ2n) is 6.30. The molecule has 0 aromatic heterocycles. The molecule has 1 heterocycles. The molecule has 2 unspecified atom stereocenters. The molecular formula is C17H26N2O. The first-order valence-electron chi connectivity index (χ1n) is 7.82. The number of hydrogen-bond donors (Lipinski definition) is 1. The molecule has 0 radical (unpaired) electrons. The van der Waals surface area contributed by atoms with Gasteiger partial charge in [-0.15, -0.1) is 0 Å². The van der Waals surface area contributed by atoms with E-state index in [1.807, 2.05) is 0 Å². The van der Waals surface area contributed by atoms with Crippen LogP contribution in [-0.4, -0.2) is 38.3 Å². The third-order valence-electron chi connectivity index (χ3n) is 5.19. The summed E-state index contributed by atoms with van der Waals surface area (Å²) < 4.78 is 5.34. The highest BCUT2D eigenvalue weighted by Gasteiger charge is 2.43. The van der Waals surface area contributed by atoms with Crippen molar-refractivity contribution in [1.82, 2.24) is 4.90 Å². The molecule has 2 N–H and O–H groups in total. The number of methoxy groups -OCH3 is 1. The van der Waals surface area contributed by atoms with E-state index in [4.69, 9.17) is 10.5 Å². The second-order valence-corrected chi connectivity index (χ2v) is 6.30. The molecule has 20 heavy (non-hydrogen) atoms. The van der Waals surface area contributed by atoms with Crippen LogP contribution in [0.3, 0.4) is 0 Å². The number of nitrogens with zero attached hydrogens (tertiary/aromatic N) is 1. The van der Waals surface area contributed by atoms with Crippen LogP contribution in [0.25, 0.3) is 0 Å². The van der Waals surface area contributed by atoms with Gasteiger partial charge in [0.05, 0.1) is 12.1 Å². The number of aryl methyl sites for hydroxylation is 1. The Balaban J connectivity index is 1.89. The molecule has 0 bridgehead atoms. The van der Waals surface area contributed by atoms with Crippen molar-refractivity contribution in [3.63, 3.8) is 0 Å². The molecule has 3 nitrogen and oxygen atoms in total. The van der Waals surface area contributed by atoms with Crippen LogP contribution in [0, 0.1) is 5.92 Å². The van der Waals surface area contributed by atoms with Gasteiger partial charge in [-0.1, -0.05) is 24.3 Å². The number of rotatable bonds is 4. The molecule has 1 aromatic carbocycles. The van der Waals surface area contributed by atoms with Crippen LogP contribution in [0.1, 0.15) is 30.4 Å². The van der Waals surface area contributed by atoms with Gasteiger partial charge in [0, 0.05) is 20.2 Å². The summed E-state index contributed by atoms with van der Waals surface area (Å²) in [7, 11) is 1.80. The Hall–Kier alpha value is -0.900. The summed E-state index contributed by atoms with van der Waals surface area (Å²) in [4.78, 5) is 2.63. The molecule has 1 saturated heterocycles. The average Bonchev–Trinajstić information content (AvgIpc) is 2.96.